The second-order valence-corrected chi connectivity index (χ2v) is 4.21. The van der Waals surface area contributed by atoms with Crippen molar-refractivity contribution in [3.05, 3.63) is 59.3 Å². The second kappa shape index (κ2) is 7.40. The van der Waals surface area contributed by atoms with E-state index in [4.69, 9.17) is 0 Å². The molecule has 0 saturated carbocycles. The highest BCUT2D eigenvalue weighted by molar-refractivity contribution is 5.50. The van der Waals surface area contributed by atoms with Crippen LogP contribution in [0.1, 0.15) is 38.3 Å². The fraction of sp³-hybridized carbons (Fsp3) is 0.294. The molecule has 1 aliphatic heterocycles. The first kappa shape index (κ1) is 14.1. The monoisotopic (exact) mass is 239 g/mol. The van der Waals surface area contributed by atoms with Gasteiger partial charge in [0, 0.05) is 23.4 Å². The van der Waals surface area contributed by atoms with Crippen LogP contribution in [0.5, 0.6) is 0 Å². The van der Waals surface area contributed by atoms with Gasteiger partial charge in [-0.25, -0.2) is 0 Å². The van der Waals surface area contributed by atoms with E-state index in [0.29, 0.717) is 0 Å². The Morgan fingerprint density at radius 3 is 2.61 bits per heavy atom. The van der Waals surface area contributed by atoms with E-state index in [9.17, 15) is 0 Å². The van der Waals surface area contributed by atoms with Crippen LogP contribution in [-0.4, -0.2) is 0 Å². The zero-order chi connectivity index (χ0) is 13.4. The molecular formula is C17H21N. The molecule has 0 fully saturated rings. The minimum absolute atomic E-state index is 0.827. The number of benzene rings is 1. The Labute approximate surface area is 111 Å². The summed E-state index contributed by atoms with van der Waals surface area (Å²) in [5.74, 6) is 6.30. The topological polar surface area (TPSA) is 12.0 Å². The van der Waals surface area contributed by atoms with Gasteiger partial charge in [0.1, 0.15) is 0 Å². The third kappa shape index (κ3) is 3.82. The van der Waals surface area contributed by atoms with Gasteiger partial charge in [0.15, 0.2) is 0 Å². The maximum atomic E-state index is 3.76. The predicted octanol–water partition coefficient (Wildman–Crippen LogP) is 4.02. The summed E-state index contributed by atoms with van der Waals surface area (Å²) in [6.45, 7) is 10.9. The Kier molecular flexibility index (Phi) is 5.80. The van der Waals surface area contributed by atoms with Crippen LogP contribution >= 0.6 is 0 Å². The zero-order valence-electron chi connectivity index (χ0n) is 11.5. The largest absolute Gasteiger partial charge is 0.383 e. The number of nitrogens with one attached hydrogen (secondary N) is 1. The van der Waals surface area contributed by atoms with Gasteiger partial charge in [-0.3, -0.25) is 0 Å². The van der Waals surface area contributed by atoms with E-state index in [1.165, 1.54) is 12.0 Å². The van der Waals surface area contributed by atoms with E-state index in [2.05, 4.69) is 43.7 Å². The maximum absolute atomic E-state index is 3.76. The molecule has 0 radical (unpaired) electrons. The molecule has 0 amide bonds. The van der Waals surface area contributed by atoms with Crippen molar-refractivity contribution in [2.45, 2.75) is 33.7 Å². The molecule has 1 heteroatoms. The van der Waals surface area contributed by atoms with E-state index >= 15 is 0 Å². The molecule has 1 aromatic carbocycles. The standard InChI is InChI=1S/C14H13N.C3H8/c1-3-12-8-9-13-6-4-5-7-14(13)10-15-11(12)2;1-3-2/h3-7,15H,1,10H2,2H3;3H2,1-2H3/b12-11-;. The molecule has 94 valence electrons. The average molecular weight is 239 g/mol. The van der Waals surface area contributed by atoms with Crippen LogP contribution in [0.4, 0.5) is 0 Å². The van der Waals surface area contributed by atoms with Crippen LogP contribution in [0.3, 0.4) is 0 Å². The molecule has 0 spiro atoms. The van der Waals surface area contributed by atoms with Crippen molar-refractivity contribution in [3.8, 4) is 11.8 Å². The van der Waals surface area contributed by atoms with Crippen LogP contribution in [0.25, 0.3) is 0 Å². The number of hydrogen-bond donors (Lipinski definition) is 1. The Morgan fingerprint density at radius 1 is 1.28 bits per heavy atom. The van der Waals surface area contributed by atoms with Crippen molar-refractivity contribution in [3.63, 3.8) is 0 Å². The number of hydrogen-bond acceptors (Lipinski definition) is 1. The summed E-state index contributed by atoms with van der Waals surface area (Å²) in [6.07, 6.45) is 3.04. The number of rotatable bonds is 1. The van der Waals surface area contributed by atoms with Gasteiger partial charge < -0.3 is 5.32 Å². The Morgan fingerprint density at radius 2 is 1.94 bits per heavy atom. The molecule has 0 aliphatic carbocycles. The van der Waals surface area contributed by atoms with Crippen molar-refractivity contribution < 1.29 is 0 Å². The van der Waals surface area contributed by atoms with Gasteiger partial charge in [0.2, 0.25) is 0 Å². The summed E-state index contributed by atoms with van der Waals surface area (Å²) in [7, 11) is 0. The van der Waals surface area contributed by atoms with Gasteiger partial charge in [0.05, 0.1) is 0 Å². The average Bonchev–Trinajstić information content (AvgIpc) is 2.37. The molecule has 0 saturated heterocycles. The van der Waals surface area contributed by atoms with Gasteiger partial charge >= 0.3 is 0 Å². The van der Waals surface area contributed by atoms with Gasteiger partial charge in [-0.1, -0.05) is 63.0 Å². The first-order valence-corrected chi connectivity index (χ1v) is 6.40. The van der Waals surface area contributed by atoms with Crippen molar-refractivity contribution in [1.82, 2.24) is 5.32 Å². The van der Waals surface area contributed by atoms with E-state index in [1.54, 1.807) is 6.08 Å². The SMILES string of the molecule is C=C/C1=C(\C)NCc2ccccc2C#C1.CCC. The molecule has 1 N–H and O–H groups in total. The molecule has 2 rings (SSSR count). The lowest BCUT2D eigenvalue weighted by Crippen LogP contribution is -2.14. The summed E-state index contributed by atoms with van der Waals surface area (Å²) in [5.41, 5.74) is 4.40. The normalized spacial score (nSPS) is 16.6. The molecule has 0 unspecified atom stereocenters. The van der Waals surface area contributed by atoms with Gasteiger partial charge in [-0.2, -0.15) is 0 Å². The van der Waals surface area contributed by atoms with Crippen molar-refractivity contribution >= 4 is 0 Å². The molecule has 0 atom stereocenters. The lowest BCUT2D eigenvalue weighted by molar-refractivity contribution is 0.804. The van der Waals surface area contributed by atoms with Crippen LogP contribution in [0.2, 0.25) is 0 Å². The Bertz CT molecular complexity index is 498. The lowest BCUT2D eigenvalue weighted by atomic mass is 10.0. The van der Waals surface area contributed by atoms with Crippen molar-refractivity contribution in [2.75, 3.05) is 0 Å². The molecule has 18 heavy (non-hydrogen) atoms. The molecule has 1 aromatic rings. The van der Waals surface area contributed by atoms with E-state index in [1.807, 2.05) is 25.1 Å². The maximum Gasteiger partial charge on any atom is 0.0429 e. The van der Waals surface area contributed by atoms with Crippen LogP contribution in [0.15, 0.2) is 48.2 Å². The minimum Gasteiger partial charge on any atom is -0.383 e. The summed E-state index contributed by atoms with van der Waals surface area (Å²) < 4.78 is 0. The van der Waals surface area contributed by atoms with Gasteiger partial charge in [-0.15, -0.1) is 0 Å². The molecule has 1 nitrogen and oxygen atoms in total. The fourth-order valence-electron chi connectivity index (χ4n) is 1.55. The zero-order valence-corrected chi connectivity index (χ0v) is 11.5. The summed E-state index contributed by atoms with van der Waals surface area (Å²) in [4.78, 5) is 0. The highest BCUT2D eigenvalue weighted by Gasteiger charge is 2.03. The van der Waals surface area contributed by atoms with Crippen molar-refractivity contribution in [2.24, 2.45) is 0 Å². The number of allylic oxidation sites excluding steroid dienone is 3. The van der Waals surface area contributed by atoms with Crippen molar-refractivity contribution in [1.29, 1.82) is 0 Å². The quantitative estimate of drug-likeness (QED) is 0.730. The Balaban J connectivity index is 0.000000492. The molecule has 0 aromatic heterocycles. The summed E-state index contributed by atoms with van der Waals surface area (Å²) in [6, 6.07) is 8.20. The number of fused-ring (bicyclic) bond motifs is 1. The third-order valence-corrected chi connectivity index (χ3v) is 2.50. The fourth-order valence-corrected chi connectivity index (χ4v) is 1.55. The smallest absolute Gasteiger partial charge is 0.0429 e. The highest BCUT2D eigenvalue weighted by atomic mass is 14.9. The van der Waals surface area contributed by atoms with E-state index in [-0.39, 0.29) is 0 Å². The lowest BCUT2D eigenvalue weighted by Gasteiger charge is -2.12. The molecule has 1 heterocycles. The van der Waals surface area contributed by atoms with E-state index in [0.717, 1.165) is 23.4 Å². The summed E-state index contributed by atoms with van der Waals surface area (Å²) >= 11 is 0. The van der Waals surface area contributed by atoms with E-state index < -0.39 is 0 Å². The molecule has 1 aliphatic rings. The first-order chi connectivity index (χ1) is 8.72. The van der Waals surface area contributed by atoms with Crippen LogP contribution < -0.4 is 5.32 Å². The molecule has 0 bridgehead atoms. The van der Waals surface area contributed by atoms with Crippen LogP contribution in [-0.2, 0) is 6.54 Å². The second-order valence-electron chi connectivity index (χ2n) is 4.21. The van der Waals surface area contributed by atoms with Gasteiger partial charge in [0.25, 0.3) is 0 Å². The van der Waals surface area contributed by atoms with Crippen LogP contribution in [0, 0.1) is 11.8 Å². The van der Waals surface area contributed by atoms with Gasteiger partial charge in [-0.05, 0) is 18.6 Å². The summed E-state index contributed by atoms with van der Waals surface area (Å²) in [5, 5.41) is 3.35. The molecular weight excluding hydrogens is 218 g/mol. The predicted molar refractivity (Wildman–Crippen MR) is 79.0 cm³/mol. The minimum atomic E-state index is 0.827. The Hall–Kier alpha value is -1.94. The first-order valence-electron chi connectivity index (χ1n) is 6.40. The highest BCUT2D eigenvalue weighted by Crippen LogP contribution is 2.12. The third-order valence-electron chi connectivity index (χ3n) is 2.50.